The van der Waals surface area contributed by atoms with Gasteiger partial charge >= 0.3 is 5.76 Å². The number of Topliss-reactive ketones (excluding diaryl/α,β-unsaturated/α-hetero) is 1. The maximum atomic E-state index is 13.0. The summed E-state index contributed by atoms with van der Waals surface area (Å²) in [5, 5.41) is 3.73. The van der Waals surface area contributed by atoms with Crippen molar-refractivity contribution in [2.45, 2.75) is 27.3 Å². The molecule has 0 amide bonds. The van der Waals surface area contributed by atoms with Crippen LogP contribution in [-0.2, 0) is 6.54 Å². The molecule has 0 fully saturated rings. The molecule has 4 rings (SSSR count). The number of hydrogen-bond donors (Lipinski definition) is 0. The zero-order valence-corrected chi connectivity index (χ0v) is 16.3. The lowest BCUT2D eigenvalue weighted by molar-refractivity contribution is 0.0969. The number of benzene rings is 1. The second-order valence-electron chi connectivity index (χ2n) is 6.81. The van der Waals surface area contributed by atoms with Gasteiger partial charge in [-0.3, -0.25) is 9.32 Å². The molecule has 8 heteroatoms. The van der Waals surface area contributed by atoms with Gasteiger partial charge in [-0.15, -0.1) is 0 Å². The number of hydrogen-bond acceptors (Lipinski definition) is 6. The Morgan fingerprint density at radius 1 is 1.07 bits per heavy atom. The van der Waals surface area contributed by atoms with Crippen molar-refractivity contribution in [1.82, 2.24) is 24.3 Å². The monoisotopic (exact) mass is 389 g/mol. The number of ketones is 1. The number of aryl methyl sites for hydroxylation is 2. The van der Waals surface area contributed by atoms with Crippen molar-refractivity contribution in [2.75, 3.05) is 0 Å². The highest BCUT2D eigenvalue weighted by Crippen LogP contribution is 2.22. The first-order chi connectivity index (χ1) is 14.0. The summed E-state index contributed by atoms with van der Waals surface area (Å²) in [6.07, 6.45) is 3.06. The molecule has 1 aromatic carbocycles. The summed E-state index contributed by atoms with van der Waals surface area (Å²) in [4.78, 5) is 33.3. The van der Waals surface area contributed by atoms with Crippen LogP contribution in [0.1, 0.15) is 27.3 Å². The summed E-state index contributed by atoms with van der Waals surface area (Å²) in [7, 11) is 0. The Morgan fingerprint density at radius 3 is 2.55 bits per heavy atom. The van der Waals surface area contributed by atoms with E-state index in [4.69, 9.17) is 4.52 Å². The van der Waals surface area contributed by atoms with Crippen molar-refractivity contribution in [3.8, 4) is 17.3 Å². The maximum absolute atomic E-state index is 13.0. The van der Waals surface area contributed by atoms with E-state index in [-0.39, 0.29) is 24.0 Å². The minimum atomic E-state index is -0.728. The fourth-order valence-corrected chi connectivity index (χ4v) is 3.42. The zero-order chi connectivity index (χ0) is 20.5. The summed E-state index contributed by atoms with van der Waals surface area (Å²) in [6.45, 7) is 5.64. The largest absolute Gasteiger partial charge is 0.442 e. The van der Waals surface area contributed by atoms with Gasteiger partial charge in [-0.2, -0.15) is 0 Å². The lowest BCUT2D eigenvalue weighted by atomic mass is 10.1. The summed E-state index contributed by atoms with van der Waals surface area (Å²) in [5.74, 6) is -0.611. The highest BCUT2D eigenvalue weighted by atomic mass is 16.5. The normalized spacial score (nSPS) is 11.0. The van der Waals surface area contributed by atoms with Gasteiger partial charge in [0.05, 0.1) is 6.54 Å². The molecule has 0 aliphatic carbocycles. The molecule has 0 aliphatic heterocycles. The first-order valence-electron chi connectivity index (χ1n) is 9.09. The van der Waals surface area contributed by atoms with E-state index in [1.165, 1.54) is 12.4 Å². The summed E-state index contributed by atoms with van der Waals surface area (Å²) in [6, 6.07) is 11.5. The molecule has 0 unspecified atom stereocenters. The van der Waals surface area contributed by atoms with Crippen molar-refractivity contribution in [3.05, 3.63) is 81.9 Å². The van der Waals surface area contributed by atoms with E-state index in [0.29, 0.717) is 5.56 Å². The lowest BCUT2D eigenvalue weighted by Crippen LogP contribution is -2.22. The van der Waals surface area contributed by atoms with Crippen molar-refractivity contribution in [2.24, 2.45) is 0 Å². The van der Waals surface area contributed by atoms with E-state index in [0.717, 1.165) is 27.2 Å². The van der Waals surface area contributed by atoms with Crippen LogP contribution >= 0.6 is 0 Å². The molecule has 0 spiro atoms. The average molecular weight is 389 g/mol. The van der Waals surface area contributed by atoms with Crippen molar-refractivity contribution in [1.29, 1.82) is 0 Å². The second-order valence-corrected chi connectivity index (χ2v) is 6.81. The minimum absolute atomic E-state index is 0.122. The summed E-state index contributed by atoms with van der Waals surface area (Å²) < 4.78 is 7.92. The Bertz CT molecular complexity index is 1250. The molecule has 0 bridgehead atoms. The number of carbonyl (C=O) groups is 1. The standard InChI is InChI=1S/C21H19N5O3/c1-13-6-4-7-16(10-13)26-14(2)11-17(15(26)3)18(27)12-25-20(24-29-21(25)28)19-22-8-5-9-23-19/h4-11H,12H2,1-3H3. The Morgan fingerprint density at radius 2 is 1.83 bits per heavy atom. The highest BCUT2D eigenvalue weighted by molar-refractivity contribution is 5.97. The topological polar surface area (TPSA) is 95.8 Å². The number of nitrogens with zero attached hydrogens (tertiary/aromatic N) is 5. The van der Waals surface area contributed by atoms with Crippen LogP contribution in [0.2, 0.25) is 0 Å². The van der Waals surface area contributed by atoms with E-state index >= 15 is 0 Å². The third-order valence-electron chi connectivity index (χ3n) is 4.75. The van der Waals surface area contributed by atoms with E-state index in [2.05, 4.69) is 21.2 Å². The molecule has 0 aliphatic rings. The SMILES string of the molecule is Cc1cccc(-n2c(C)cc(C(=O)Cn3c(-c4ncccn4)noc3=O)c2C)c1. The Balaban J connectivity index is 1.70. The molecule has 8 nitrogen and oxygen atoms in total. The zero-order valence-electron chi connectivity index (χ0n) is 16.3. The van der Waals surface area contributed by atoms with Gasteiger partial charge < -0.3 is 4.57 Å². The predicted octanol–water partition coefficient (Wildman–Crippen LogP) is 2.89. The molecular formula is C21H19N5O3. The fourth-order valence-electron chi connectivity index (χ4n) is 3.42. The molecule has 0 saturated heterocycles. The Hall–Kier alpha value is -3.81. The van der Waals surface area contributed by atoms with Gasteiger partial charge in [-0.05, 0) is 50.6 Å². The van der Waals surface area contributed by atoms with Gasteiger partial charge in [0.15, 0.2) is 11.6 Å². The number of aromatic nitrogens is 5. The highest BCUT2D eigenvalue weighted by Gasteiger charge is 2.22. The third kappa shape index (κ3) is 3.40. The Kier molecular flexibility index (Phi) is 4.67. The molecule has 0 radical (unpaired) electrons. The Labute approximate surface area is 166 Å². The third-order valence-corrected chi connectivity index (χ3v) is 4.75. The first kappa shape index (κ1) is 18.5. The van der Waals surface area contributed by atoms with Gasteiger partial charge in [0.25, 0.3) is 0 Å². The molecular weight excluding hydrogens is 370 g/mol. The van der Waals surface area contributed by atoms with E-state index in [1.807, 2.05) is 49.6 Å². The molecule has 0 saturated carbocycles. The van der Waals surface area contributed by atoms with Crippen LogP contribution in [0.5, 0.6) is 0 Å². The van der Waals surface area contributed by atoms with Gasteiger partial charge in [0, 0.05) is 35.0 Å². The van der Waals surface area contributed by atoms with Crippen molar-refractivity contribution in [3.63, 3.8) is 0 Å². The molecule has 29 heavy (non-hydrogen) atoms. The van der Waals surface area contributed by atoms with Crippen LogP contribution in [0.25, 0.3) is 17.3 Å². The number of rotatable bonds is 5. The van der Waals surface area contributed by atoms with E-state index in [1.54, 1.807) is 6.07 Å². The molecule has 4 aromatic rings. The summed E-state index contributed by atoms with van der Waals surface area (Å²) >= 11 is 0. The average Bonchev–Trinajstić information content (AvgIpc) is 3.21. The van der Waals surface area contributed by atoms with E-state index < -0.39 is 5.76 Å². The fraction of sp³-hybridized carbons (Fsp3) is 0.190. The van der Waals surface area contributed by atoms with Crippen LogP contribution in [0, 0.1) is 20.8 Å². The van der Waals surface area contributed by atoms with Gasteiger partial charge in [-0.1, -0.05) is 17.3 Å². The molecule has 0 atom stereocenters. The molecule has 0 N–H and O–H groups in total. The van der Waals surface area contributed by atoms with Crippen LogP contribution in [-0.4, -0.2) is 30.0 Å². The van der Waals surface area contributed by atoms with Gasteiger partial charge in [0.2, 0.25) is 5.82 Å². The maximum Gasteiger partial charge on any atom is 0.442 e. The van der Waals surface area contributed by atoms with E-state index in [9.17, 15) is 9.59 Å². The van der Waals surface area contributed by atoms with Crippen LogP contribution in [0.3, 0.4) is 0 Å². The molecule has 3 heterocycles. The smallest absolute Gasteiger partial charge is 0.318 e. The van der Waals surface area contributed by atoms with Gasteiger partial charge in [0.1, 0.15) is 0 Å². The second kappa shape index (κ2) is 7.31. The quantitative estimate of drug-likeness (QED) is 0.487. The van der Waals surface area contributed by atoms with Crippen LogP contribution < -0.4 is 5.76 Å². The predicted molar refractivity (Wildman–Crippen MR) is 106 cm³/mol. The first-order valence-corrected chi connectivity index (χ1v) is 9.09. The lowest BCUT2D eigenvalue weighted by Gasteiger charge is -2.10. The van der Waals surface area contributed by atoms with Crippen LogP contribution in [0.15, 0.2) is 58.1 Å². The van der Waals surface area contributed by atoms with Crippen LogP contribution in [0.4, 0.5) is 0 Å². The molecule has 146 valence electrons. The van der Waals surface area contributed by atoms with Crippen molar-refractivity contribution >= 4 is 5.78 Å². The minimum Gasteiger partial charge on any atom is -0.318 e. The summed E-state index contributed by atoms with van der Waals surface area (Å²) in [5.41, 5.74) is 4.39. The van der Waals surface area contributed by atoms with Crippen molar-refractivity contribution < 1.29 is 9.32 Å². The van der Waals surface area contributed by atoms with Gasteiger partial charge in [-0.25, -0.2) is 19.3 Å². The number of carbonyl (C=O) groups excluding carboxylic acids is 1. The molecule has 3 aromatic heterocycles.